The van der Waals surface area contributed by atoms with Gasteiger partial charge in [0.25, 0.3) is 0 Å². The minimum atomic E-state index is -0.652. The van der Waals surface area contributed by atoms with E-state index in [2.05, 4.69) is 19.2 Å². The first kappa shape index (κ1) is 48.4. The molecule has 0 bridgehead atoms. The molecule has 4 nitrogen and oxygen atoms in total. The van der Waals surface area contributed by atoms with Crippen molar-refractivity contribution in [3.05, 3.63) is 0 Å². The van der Waals surface area contributed by atoms with Crippen molar-refractivity contribution in [1.29, 1.82) is 0 Å². The molecular formula is C45H91NO3. The van der Waals surface area contributed by atoms with Gasteiger partial charge in [-0.05, 0) is 12.8 Å². The topological polar surface area (TPSA) is 69.6 Å². The van der Waals surface area contributed by atoms with Crippen LogP contribution in [-0.2, 0) is 4.79 Å². The van der Waals surface area contributed by atoms with Gasteiger partial charge in [0.15, 0.2) is 0 Å². The summed E-state index contributed by atoms with van der Waals surface area (Å²) in [4.78, 5) is 12.4. The fourth-order valence-corrected chi connectivity index (χ4v) is 7.36. The molecule has 0 aliphatic rings. The molecule has 0 aliphatic carbocycles. The summed E-state index contributed by atoms with van der Waals surface area (Å²) < 4.78 is 0. The Bertz CT molecular complexity index is 626. The molecule has 0 aromatic heterocycles. The van der Waals surface area contributed by atoms with Crippen LogP contribution in [0.25, 0.3) is 0 Å². The van der Waals surface area contributed by atoms with Gasteiger partial charge in [-0.2, -0.15) is 0 Å². The van der Waals surface area contributed by atoms with Gasteiger partial charge in [-0.1, -0.05) is 245 Å². The lowest BCUT2D eigenvalue weighted by molar-refractivity contribution is -0.123. The highest BCUT2D eigenvalue weighted by atomic mass is 16.3. The number of hydrogen-bond donors (Lipinski definition) is 3. The molecule has 0 saturated carbocycles. The predicted molar refractivity (Wildman–Crippen MR) is 216 cm³/mol. The second-order valence-electron chi connectivity index (χ2n) is 15.8. The summed E-state index contributed by atoms with van der Waals surface area (Å²) >= 11 is 0. The van der Waals surface area contributed by atoms with E-state index in [9.17, 15) is 15.0 Å². The molecule has 2 atom stereocenters. The Labute approximate surface area is 308 Å². The normalized spacial score (nSPS) is 12.8. The smallest absolute Gasteiger partial charge is 0.220 e. The van der Waals surface area contributed by atoms with Gasteiger partial charge < -0.3 is 15.5 Å². The monoisotopic (exact) mass is 694 g/mol. The second kappa shape index (κ2) is 41.8. The molecule has 4 heteroatoms. The first-order valence-electron chi connectivity index (χ1n) is 22.7. The Balaban J connectivity index is 3.42. The number of aliphatic hydroxyl groups is 2. The van der Waals surface area contributed by atoms with Crippen LogP contribution in [0.5, 0.6) is 0 Å². The maximum Gasteiger partial charge on any atom is 0.220 e. The standard InChI is InChI=1S/C45H91NO3/c1-3-5-7-9-11-13-15-17-18-19-20-21-22-23-24-25-26-27-29-31-33-35-37-39-41-45(49)46-43(42-47)44(48)40-38-36-34-32-30-28-16-14-12-10-8-6-4-2/h43-44,47-48H,3-42H2,1-2H3,(H,46,49)/t43-,44+/m0/s1. The first-order chi connectivity index (χ1) is 24.2. The third-order valence-electron chi connectivity index (χ3n) is 10.9. The van der Waals surface area contributed by atoms with Crippen molar-refractivity contribution in [1.82, 2.24) is 5.32 Å². The van der Waals surface area contributed by atoms with Crippen LogP contribution in [0.2, 0.25) is 0 Å². The van der Waals surface area contributed by atoms with Crippen LogP contribution >= 0.6 is 0 Å². The Morgan fingerprint density at radius 2 is 0.653 bits per heavy atom. The largest absolute Gasteiger partial charge is 0.394 e. The Morgan fingerprint density at radius 3 is 0.918 bits per heavy atom. The SMILES string of the molecule is CCCCCCCCCCCCCCCCCCCCCCCCCCC(=O)N[C@@H](CO)[C@H](O)CCCCCCCCCCCCCCC. The van der Waals surface area contributed by atoms with Gasteiger partial charge in [0.05, 0.1) is 18.8 Å². The van der Waals surface area contributed by atoms with Crippen LogP contribution in [0.15, 0.2) is 0 Å². The predicted octanol–water partition coefficient (Wildman–Crippen LogP) is 14.1. The molecule has 3 N–H and O–H groups in total. The lowest BCUT2D eigenvalue weighted by atomic mass is 10.0. The molecule has 0 radical (unpaired) electrons. The minimum absolute atomic E-state index is 0.0257. The quantitative estimate of drug-likeness (QED) is 0.0557. The summed E-state index contributed by atoms with van der Waals surface area (Å²) in [6, 6.07) is -0.529. The Morgan fingerprint density at radius 1 is 0.408 bits per heavy atom. The van der Waals surface area contributed by atoms with Crippen LogP contribution in [0.1, 0.15) is 264 Å². The van der Waals surface area contributed by atoms with E-state index in [0.29, 0.717) is 12.8 Å². The minimum Gasteiger partial charge on any atom is -0.394 e. The van der Waals surface area contributed by atoms with Gasteiger partial charge in [0, 0.05) is 6.42 Å². The zero-order chi connectivity index (χ0) is 35.7. The highest BCUT2D eigenvalue weighted by molar-refractivity contribution is 5.76. The lowest BCUT2D eigenvalue weighted by Gasteiger charge is -2.22. The number of aliphatic hydroxyl groups excluding tert-OH is 2. The maximum absolute atomic E-state index is 12.4. The van der Waals surface area contributed by atoms with Gasteiger partial charge in [-0.15, -0.1) is 0 Å². The number of hydrogen-bond acceptors (Lipinski definition) is 3. The number of carbonyl (C=O) groups is 1. The average Bonchev–Trinajstić information content (AvgIpc) is 3.10. The van der Waals surface area contributed by atoms with E-state index in [4.69, 9.17) is 0 Å². The number of nitrogens with one attached hydrogen (secondary N) is 1. The molecule has 0 unspecified atom stereocenters. The summed E-state index contributed by atoms with van der Waals surface area (Å²) in [6.07, 6.45) is 50.5. The molecule has 294 valence electrons. The first-order valence-corrected chi connectivity index (χ1v) is 22.7. The average molecular weight is 694 g/mol. The van der Waals surface area contributed by atoms with Crippen LogP contribution in [0.4, 0.5) is 0 Å². The highest BCUT2D eigenvalue weighted by Crippen LogP contribution is 2.17. The molecule has 1 amide bonds. The molecule has 0 aliphatic heterocycles. The van der Waals surface area contributed by atoms with Crippen LogP contribution in [0, 0.1) is 0 Å². The van der Waals surface area contributed by atoms with Gasteiger partial charge in [-0.3, -0.25) is 4.79 Å². The zero-order valence-corrected chi connectivity index (χ0v) is 33.7. The number of carbonyl (C=O) groups excluding carboxylic acids is 1. The Hall–Kier alpha value is -0.610. The van der Waals surface area contributed by atoms with E-state index >= 15 is 0 Å². The molecule has 0 aromatic rings. The molecular weight excluding hydrogens is 602 g/mol. The van der Waals surface area contributed by atoms with Crippen molar-refractivity contribution in [2.75, 3.05) is 6.61 Å². The van der Waals surface area contributed by atoms with Crippen molar-refractivity contribution in [3.8, 4) is 0 Å². The van der Waals surface area contributed by atoms with Gasteiger partial charge in [-0.25, -0.2) is 0 Å². The zero-order valence-electron chi connectivity index (χ0n) is 33.7. The summed E-state index contributed by atoms with van der Waals surface area (Å²) in [5, 5.41) is 23.1. The van der Waals surface area contributed by atoms with Crippen LogP contribution in [0.3, 0.4) is 0 Å². The van der Waals surface area contributed by atoms with Crippen molar-refractivity contribution in [2.24, 2.45) is 0 Å². The number of amides is 1. The van der Waals surface area contributed by atoms with Gasteiger partial charge in [0.1, 0.15) is 0 Å². The van der Waals surface area contributed by atoms with Crippen LogP contribution in [-0.4, -0.2) is 34.9 Å². The van der Waals surface area contributed by atoms with E-state index in [-0.39, 0.29) is 12.5 Å². The van der Waals surface area contributed by atoms with Crippen molar-refractivity contribution >= 4 is 5.91 Å². The van der Waals surface area contributed by atoms with Gasteiger partial charge in [0.2, 0.25) is 5.91 Å². The molecule has 0 aromatic carbocycles. The molecule has 0 heterocycles. The third-order valence-corrected chi connectivity index (χ3v) is 10.9. The van der Waals surface area contributed by atoms with Crippen LogP contribution < -0.4 is 5.32 Å². The van der Waals surface area contributed by atoms with Crippen molar-refractivity contribution in [2.45, 2.75) is 276 Å². The van der Waals surface area contributed by atoms with E-state index in [1.54, 1.807) is 0 Å². The number of unbranched alkanes of at least 4 members (excludes halogenated alkanes) is 35. The fraction of sp³-hybridized carbons (Fsp3) is 0.978. The molecule has 0 saturated heterocycles. The maximum atomic E-state index is 12.4. The number of rotatable bonds is 42. The van der Waals surface area contributed by atoms with E-state index in [1.807, 2.05) is 0 Å². The summed E-state index contributed by atoms with van der Waals surface area (Å²) in [7, 11) is 0. The fourth-order valence-electron chi connectivity index (χ4n) is 7.36. The molecule has 0 rings (SSSR count). The summed E-state index contributed by atoms with van der Waals surface area (Å²) in [5.74, 6) is -0.0257. The van der Waals surface area contributed by atoms with Crippen molar-refractivity contribution in [3.63, 3.8) is 0 Å². The van der Waals surface area contributed by atoms with Gasteiger partial charge >= 0.3 is 0 Å². The van der Waals surface area contributed by atoms with E-state index < -0.39 is 12.1 Å². The second-order valence-corrected chi connectivity index (χ2v) is 15.8. The Kier molecular flexibility index (Phi) is 41.3. The van der Waals surface area contributed by atoms with Crippen molar-refractivity contribution < 1.29 is 15.0 Å². The molecule has 0 fully saturated rings. The summed E-state index contributed by atoms with van der Waals surface area (Å²) in [6.45, 7) is 4.38. The highest BCUT2D eigenvalue weighted by Gasteiger charge is 2.20. The van der Waals surface area contributed by atoms with E-state index in [1.165, 1.54) is 212 Å². The molecule has 49 heavy (non-hydrogen) atoms. The lowest BCUT2D eigenvalue weighted by Crippen LogP contribution is -2.45. The summed E-state index contributed by atoms with van der Waals surface area (Å²) in [5.41, 5.74) is 0. The van der Waals surface area contributed by atoms with E-state index in [0.717, 1.165) is 25.7 Å². The molecule has 0 spiro atoms. The third kappa shape index (κ3) is 38.5.